The summed E-state index contributed by atoms with van der Waals surface area (Å²) in [7, 11) is 0. The van der Waals surface area contributed by atoms with Gasteiger partial charge in [-0.25, -0.2) is 0 Å². The van der Waals surface area contributed by atoms with Gasteiger partial charge in [0.25, 0.3) is 0 Å². The van der Waals surface area contributed by atoms with Crippen molar-refractivity contribution in [3.8, 4) is 0 Å². The Kier molecular flexibility index (Phi) is 4.98. The van der Waals surface area contributed by atoms with Crippen LogP contribution in [0.4, 0.5) is 5.69 Å². The molecule has 0 saturated carbocycles. The molecule has 0 radical (unpaired) electrons. The minimum atomic E-state index is 0.0543. The van der Waals surface area contributed by atoms with E-state index in [1.807, 2.05) is 11.1 Å². The Labute approximate surface area is 140 Å². The van der Waals surface area contributed by atoms with Gasteiger partial charge in [-0.05, 0) is 35.3 Å². The lowest BCUT2D eigenvalue weighted by Crippen LogP contribution is -2.39. The molecule has 3 heteroatoms. The van der Waals surface area contributed by atoms with Gasteiger partial charge in [-0.15, -0.1) is 0 Å². The number of fused-ring (bicyclic) bond motifs is 1. The van der Waals surface area contributed by atoms with Crippen LogP contribution in [-0.4, -0.2) is 25.2 Å². The number of benzodiazepines with no additional fused rings is 1. The van der Waals surface area contributed by atoms with Crippen molar-refractivity contribution in [2.75, 3.05) is 18.0 Å². The molecule has 126 valence electrons. The Morgan fingerprint density at radius 3 is 2.39 bits per heavy atom. The van der Waals surface area contributed by atoms with E-state index in [2.05, 4.69) is 64.7 Å². The molecular weight excluding hydrogens is 284 g/mol. The lowest BCUT2D eigenvalue weighted by molar-refractivity contribution is -0.117. The van der Waals surface area contributed by atoms with Gasteiger partial charge in [0, 0.05) is 18.3 Å². The highest BCUT2D eigenvalue weighted by Gasteiger charge is 2.25. The van der Waals surface area contributed by atoms with E-state index in [1.54, 1.807) is 0 Å². The topological polar surface area (TPSA) is 32.7 Å². The number of anilines is 1. The first kappa shape index (κ1) is 17.7. The van der Waals surface area contributed by atoms with Crippen LogP contribution in [-0.2, 0) is 11.2 Å². The van der Waals surface area contributed by atoms with Crippen molar-refractivity contribution in [1.82, 2.24) is 0 Å². The van der Waals surface area contributed by atoms with Crippen molar-refractivity contribution in [1.29, 1.82) is 0 Å². The molecule has 0 aliphatic carbocycles. The largest absolute Gasteiger partial charge is 0.310 e. The maximum Gasteiger partial charge on any atom is 0.248 e. The number of amides is 1. The second kappa shape index (κ2) is 6.46. The van der Waals surface area contributed by atoms with Crippen molar-refractivity contribution in [3.63, 3.8) is 0 Å². The maximum absolute atomic E-state index is 12.5. The fraction of sp³-hybridized carbons (Fsp3) is 0.600. The summed E-state index contributed by atoms with van der Waals surface area (Å²) < 4.78 is 0. The lowest BCUT2D eigenvalue weighted by atomic mass is 9.88. The van der Waals surface area contributed by atoms with Crippen molar-refractivity contribution in [2.45, 2.75) is 54.4 Å². The average molecular weight is 314 g/mol. The van der Waals surface area contributed by atoms with Gasteiger partial charge in [-0.1, -0.05) is 53.7 Å². The smallest absolute Gasteiger partial charge is 0.248 e. The monoisotopic (exact) mass is 314 g/mol. The van der Waals surface area contributed by atoms with Gasteiger partial charge < -0.3 is 4.90 Å². The zero-order valence-electron chi connectivity index (χ0n) is 15.4. The van der Waals surface area contributed by atoms with E-state index in [-0.39, 0.29) is 17.9 Å². The standard InChI is InChI=1S/C20H30N2O/c1-19(2,3)10-9-15-7-8-16-12-21-13-18(23)22(17(16)11-15)14-20(4,5)6/h7-8,11-12H,9-10,13-14H2,1-6H3. The van der Waals surface area contributed by atoms with Crippen LogP contribution in [0.25, 0.3) is 0 Å². The first-order valence-corrected chi connectivity index (χ1v) is 8.48. The third kappa shape index (κ3) is 5.19. The number of carbonyl (C=O) groups excluding carboxylic acids is 1. The summed E-state index contributed by atoms with van der Waals surface area (Å²) in [6, 6.07) is 6.45. The number of aliphatic imine (C=N–C) groups is 1. The number of carbonyl (C=O) groups is 1. The number of rotatable bonds is 3. The predicted molar refractivity (Wildman–Crippen MR) is 98.5 cm³/mol. The SMILES string of the molecule is CC(C)(C)CCc1ccc2c(c1)N(CC(C)(C)C)C(=O)CN=C2. The highest BCUT2D eigenvalue weighted by molar-refractivity contribution is 6.03. The molecule has 0 aromatic heterocycles. The molecule has 1 amide bonds. The van der Waals surface area contributed by atoms with Crippen molar-refractivity contribution >= 4 is 17.8 Å². The summed E-state index contributed by atoms with van der Waals surface area (Å²) in [5.41, 5.74) is 3.71. The van der Waals surface area contributed by atoms with E-state index in [0.29, 0.717) is 12.0 Å². The van der Waals surface area contributed by atoms with Crippen LogP contribution in [0.2, 0.25) is 0 Å². The number of benzene rings is 1. The number of aryl methyl sites for hydroxylation is 1. The summed E-state index contributed by atoms with van der Waals surface area (Å²) in [4.78, 5) is 18.7. The molecule has 0 unspecified atom stereocenters. The molecule has 0 saturated heterocycles. The summed E-state index contributed by atoms with van der Waals surface area (Å²) in [5, 5.41) is 0. The number of hydrogen-bond donors (Lipinski definition) is 0. The molecule has 1 aromatic rings. The normalized spacial score (nSPS) is 15.6. The van der Waals surface area contributed by atoms with Gasteiger partial charge in [0.1, 0.15) is 6.54 Å². The van der Waals surface area contributed by atoms with Gasteiger partial charge in [0.05, 0.1) is 5.69 Å². The van der Waals surface area contributed by atoms with Gasteiger partial charge in [0.2, 0.25) is 5.91 Å². The van der Waals surface area contributed by atoms with Crippen LogP contribution in [0.3, 0.4) is 0 Å². The van der Waals surface area contributed by atoms with Gasteiger partial charge in [-0.3, -0.25) is 9.79 Å². The molecular formula is C20H30N2O. The van der Waals surface area contributed by atoms with Gasteiger partial charge in [-0.2, -0.15) is 0 Å². The average Bonchev–Trinajstić information content (AvgIpc) is 2.55. The Hall–Kier alpha value is -1.64. The van der Waals surface area contributed by atoms with Crippen LogP contribution in [0.15, 0.2) is 23.2 Å². The molecule has 1 aromatic carbocycles. The number of hydrogen-bond acceptors (Lipinski definition) is 2. The second-order valence-corrected chi connectivity index (χ2v) is 8.96. The second-order valence-electron chi connectivity index (χ2n) is 8.96. The highest BCUT2D eigenvalue weighted by atomic mass is 16.2. The van der Waals surface area contributed by atoms with Crippen LogP contribution >= 0.6 is 0 Å². The van der Waals surface area contributed by atoms with Crippen molar-refractivity contribution in [2.24, 2.45) is 15.8 Å². The molecule has 3 nitrogen and oxygen atoms in total. The molecule has 1 heterocycles. The first-order valence-electron chi connectivity index (χ1n) is 8.48. The summed E-state index contributed by atoms with van der Waals surface area (Å²) >= 11 is 0. The van der Waals surface area contributed by atoms with Crippen LogP contribution in [0.5, 0.6) is 0 Å². The Balaban J connectivity index is 2.33. The molecule has 0 bridgehead atoms. The molecule has 0 N–H and O–H groups in total. The molecule has 23 heavy (non-hydrogen) atoms. The minimum Gasteiger partial charge on any atom is -0.310 e. The zero-order chi connectivity index (χ0) is 17.3. The molecule has 0 spiro atoms. The fourth-order valence-electron chi connectivity index (χ4n) is 2.70. The molecule has 1 aliphatic heterocycles. The molecule has 0 fully saturated rings. The molecule has 1 aliphatic rings. The summed E-state index contributed by atoms with van der Waals surface area (Å²) in [6.07, 6.45) is 4.00. The van der Waals surface area contributed by atoms with E-state index < -0.39 is 0 Å². The summed E-state index contributed by atoms with van der Waals surface area (Å²) in [5.74, 6) is 0.0860. The van der Waals surface area contributed by atoms with E-state index in [1.165, 1.54) is 5.56 Å². The fourth-order valence-corrected chi connectivity index (χ4v) is 2.70. The number of nitrogens with zero attached hydrogens (tertiary/aromatic N) is 2. The summed E-state index contributed by atoms with van der Waals surface area (Å²) in [6.45, 7) is 14.2. The Bertz CT molecular complexity index is 603. The first-order chi connectivity index (χ1) is 10.6. The van der Waals surface area contributed by atoms with E-state index in [0.717, 1.165) is 24.1 Å². The highest BCUT2D eigenvalue weighted by Crippen LogP contribution is 2.29. The molecule has 0 atom stereocenters. The maximum atomic E-state index is 12.5. The Morgan fingerprint density at radius 2 is 1.78 bits per heavy atom. The minimum absolute atomic E-state index is 0.0543. The van der Waals surface area contributed by atoms with Gasteiger partial charge >= 0.3 is 0 Å². The van der Waals surface area contributed by atoms with Crippen LogP contribution in [0, 0.1) is 10.8 Å². The van der Waals surface area contributed by atoms with Crippen LogP contribution in [0.1, 0.15) is 59.1 Å². The predicted octanol–water partition coefficient (Wildman–Crippen LogP) is 4.48. The lowest BCUT2D eigenvalue weighted by Gasteiger charge is -2.30. The van der Waals surface area contributed by atoms with E-state index in [9.17, 15) is 4.79 Å². The van der Waals surface area contributed by atoms with Crippen molar-refractivity contribution in [3.05, 3.63) is 29.3 Å². The van der Waals surface area contributed by atoms with E-state index >= 15 is 0 Å². The third-order valence-electron chi connectivity index (χ3n) is 3.94. The van der Waals surface area contributed by atoms with Crippen molar-refractivity contribution < 1.29 is 4.79 Å². The zero-order valence-corrected chi connectivity index (χ0v) is 15.4. The van der Waals surface area contributed by atoms with Crippen LogP contribution < -0.4 is 4.90 Å². The van der Waals surface area contributed by atoms with Gasteiger partial charge in [0.15, 0.2) is 0 Å². The third-order valence-corrected chi connectivity index (χ3v) is 3.94. The Morgan fingerprint density at radius 1 is 1.09 bits per heavy atom. The molecule has 2 rings (SSSR count). The van der Waals surface area contributed by atoms with E-state index in [4.69, 9.17) is 0 Å². The quantitative estimate of drug-likeness (QED) is 0.810.